The number of carbonyl (C=O) groups excluding carboxylic acids is 2. The first-order valence-corrected chi connectivity index (χ1v) is 13.9. The molecule has 0 radical (unpaired) electrons. The Morgan fingerprint density at radius 1 is 1.00 bits per heavy atom. The molecule has 1 spiro atoms. The molecule has 1 aromatic rings. The zero-order valence-electron chi connectivity index (χ0n) is 22.1. The first-order chi connectivity index (χ1) is 16.8. The highest BCUT2D eigenvalue weighted by Gasteiger charge is 2.47. The topological polar surface area (TPSA) is 53.1 Å². The van der Waals surface area contributed by atoms with Crippen molar-refractivity contribution in [3.05, 3.63) is 29.3 Å². The molecule has 2 unspecified atom stereocenters. The number of nitrogens with zero attached hydrogens (tertiary/aromatic N) is 3. The lowest BCUT2D eigenvalue weighted by Gasteiger charge is -2.44. The number of carbonyl (C=O) groups is 2. The number of rotatable bonds is 3. The zero-order valence-corrected chi connectivity index (χ0v) is 22.1. The Labute approximate surface area is 211 Å². The van der Waals surface area contributed by atoms with Gasteiger partial charge in [0.1, 0.15) is 0 Å². The molecule has 0 saturated carbocycles. The van der Waals surface area contributed by atoms with E-state index in [1.54, 1.807) is 6.92 Å². The van der Waals surface area contributed by atoms with Crippen molar-refractivity contribution in [2.45, 2.75) is 109 Å². The summed E-state index contributed by atoms with van der Waals surface area (Å²) in [5.74, 6) is 0.646. The SMILES string of the molecule is CCOC(=O)N1C2CCC(N3CCC4(CC3)CN(C(C)=O)c3ccc(C(C)C)cc34)CCC1CC2. The van der Waals surface area contributed by atoms with Gasteiger partial charge in [0.05, 0.1) is 6.61 Å². The summed E-state index contributed by atoms with van der Waals surface area (Å²) < 4.78 is 5.38. The third kappa shape index (κ3) is 4.47. The standard InChI is InChI=1S/C29H43N3O3/c1-5-35-28(34)32-24-9-7-23(8-10-25(32)12-11-24)30-16-14-29(15-17-30)19-31(21(4)33)27-13-6-22(20(2)3)18-26(27)29/h6,13,18,20,23-25H,5,7-12,14-17,19H2,1-4H3. The lowest BCUT2D eigenvalue weighted by atomic mass is 9.73. The van der Waals surface area contributed by atoms with Crippen LogP contribution in [0.4, 0.5) is 10.5 Å². The van der Waals surface area contributed by atoms with E-state index >= 15 is 0 Å². The van der Waals surface area contributed by atoms with E-state index in [1.807, 2.05) is 11.8 Å². The molecule has 5 rings (SSSR count). The van der Waals surface area contributed by atoms with Gasteiger partial charge < -0.3 is 19.4 Å². The summed E-state index contributed by atoms with van der Waals surface area (Å²) in [5, 5.41) is 0. The number of hydrogen-bond acceptors (Lipinski definition) is 4. The third-order valence-corrected chi connectivity index (χ3v) is 9.43. The van der Waals surface area contributed by atoms with E-state index in [9.17, 15) is 9.59 Å². The molecule has 1 aromatic carbocycles. The fourth-order valence-corrected chi connectivity index (χ4v) is 7.37. The minimum absolute atomic E-state index is 0.0871. The van der Waals surface area contributed by atoms with Gasteiger partial charge in [-0.25, -0.2) is 4.79 Å². The number of piperidine rings is 1. The Balaban J connectivity index is 1.28. The minimum atomic E-state index is -0.103. The Bertz CT molecular complexity index is 936. The smallest absolute Gasteiger partial charge is 0.410 e. The number of benzene rings is 1. The summed E-state index contributed by atoms with van der Waals surface area (Å²) in [7, 11) is 0. The number of hydrogen-bond donors (Lipinski definition) is 0. The second-order valence-corrected chi connectivity index (χ2v) is 11.7. The Morgan fingerprint density at radius 3 is 2.14 bits per heavy atom. The van der Waals surface area contributed by atoms with Crippen molar-refractivity contribution in [3.63, 3.8) is 0 Å². The lowest BCUT2D eigenvalue weighted by Crippen LogP contribution is -2.50. The van der Waals surface area contributed by atoms with Crippen LogP contribution in [0.25, 0.3) is 0 Å². The van der Waals surface area contributed by atoms with Gasteiger partial charge in [-0.15, -0.1) is 0 Å². The van der Waals surface area contributed by atoms with E-state index in [0.717, 1.165) is 76.7 Å². The number of ether oxygens (including phenoxy) is 1. The van der Waals surface area contributed by atoms with Gasteiger partial charge >= 0.3 is 6.09 Å². The summed E-state index contributed by atoms with van der Waals surface area (Å²) in [4.78, 5) is 31.9. The number of fused-ring (bicyclic) bond motifs is 4. The Kier molecular flexibility index (Phi) is 6.86. The van der Waals surface area contributed by atoms with Gasteiger partial charge in [0.15, 0.2) is 0 Å². The molecule has 4 aliphatic heterocycles. The average Bonchev–Trinajstić information content (AvgIpc) is 3.40. The second kappa shape index (κ2) is 9.76. The quantitative estimate of drug-likeness (QED) is 0.577. The molecule has 0 aliphatic carbocycles. The number of likely N-dealkylation sites (tertiary alicyclic amines) is 1. The molecule has 2 bridgehead atoms. The predicted molar refractivity (Wildman–Crippen MR) is 139 cm³/mol. The van der Waals surface area contributed by atoms with Crippen molar-refractivity contribution in [2.75, 3.05) is 31.1 Å². The van der Waals surface area contributed by atoms with E-state index in [4.69, 9.17) is 4.74 Å². The second-order valence-electron chi connectivity index (χ2n) is 11.7. The van der Waals surface area contributed by atoms with Crippen LogP contribution in [0.5, 0.6) is 0 Å². The van der Waals surface area contributed by atoms with E-state index in [1.165, 1.54) is 11.1 Å². The molecule has 3 fully saturated rings. The summed E-state index contributed by atoms with van der Waals surface area (Å²) in [5.41, 5.74) is 4.00. The molecular weight excluding hydrogens is 438 g/mol. The number of anilines is 1. The monoisotopic (exact) mass is 481 g/mol. The summed E-state index contributed by atoms with van der Waals surface area (Å²) in [6.45, 7) is 11.6. The molecule has 6 nitrogen and oxygen atoms in total. The maximum absolute atomic E-state index is 12.6. The summed E-state index contributed by atoms with van der Waals surface area (Å²) in [6.07, 6.45) is 8.86. The molecule has 0 N–H and O–H groups in total. The van der Waals surface area contributed by atoms with Gasteiger partial charge in [-0.1, -0.05) is 26.0 Å². The van der Waals surface area contributed by atoms with E-state index in [-0.39, 0.29) is 17.4 Å². The fourth-order valence-electron chi connectivity index (χ4n) is 7.37. The molecule has 3 saturated heterocycles. The molecule has 4 heterocycles. The Hall–Kier alpha value is -2.08. The van der Waals surface area contributed by atoms with Gasteiger partial charge in [-0.3, -0.25) is 4.79 Å². The van der Waals surface area contributed by atoms with Crippen molar-refractivity contribution in [1.29, 1.82) is 0 Å². The van der Waals surface area contributed by atoms with Crippen LogP contribution in [0.2, 0.25) is 0 Å². The van der Waals surface area contributed by atoms with Gasteiger partial charge in [0.2, 0.25) is 5.91 Å². The third-order valence-electron chi connectivity index (χ3n) is 9.43. The van der Waals surface area contributed by atoms with Crippen LogP contribution in [0.1, 0.15) is 96.1 Å². The van der Waals surface area contributed by atoms with Crippen LogP contribution in [0, 0.1) is 0 Å². The van der Waals surface area contributed by atoms with Crippen molar-refractivity contribution in [2.24, 2.45) is 0 Å². The van der Waals surface area contributed by atoms with Crippen LogP contribution >= 0.6 is 0 Å². The van der Waals surface area contributed by atoms with Gasteiger partial charge in [-0.2, -0.15) is 0 Å². The molecule has 4 aliphatic rings. The van der Waals surface area contributed by atoms with Crippen molar-refractivity contribution in [3.8, 4) is 0 Å². The predicted octanol–water partition coefficient (Wildman–Crippen LogP) is 5.44. The van der Waals surface area contributed by atoms with Crippen molar-refractivity contribution >= 4 is 17.7 Å². The van der Waals surface area contributed by atoms with Crippen LogP contribution in [-0.2, 0) is 14.9 Å². The zero-order chi connectivity index (χ0) is 24.7. The molecule has 192 valence electrons. The molecule has 2 atom stereocenters. The highest BCUT2D eigenvalue weighted by atomic mass is 16.6. The van der Waals surface area contributed by atoms with E-state index in [2.05, 4.69) is 41.8 Å². The largest absolute Gasteiger partial charge is 0.450 e. The fraction of sp³-hybridized carbons (Fsp3) is 0.724. The molecule has 35 heavy (non-hydrogen) atoms. The van der Waals surface area contributed by atoms with Gasteiger partial charge in [-0.05, 0) is 94.5 Å². The van der Waals surface area contributed by atoms with E-state index in [0.29, 0.717) is 30.7 Å². The highest BCUT2D eigenvalue weighted by molar-refractivity contribution is 5.94. The maximum Gasteiger partial charge on any atom is 0.410 e. The van der Waals surface area contributed by atoms with Crippen LogP contribution in [0.15, 0.2) is 18.2 Å². The van der Waals surface area contributed by atoms with E-state index < -0.39 is 0 Å². The van der Waals surface area contributed by atoms with Crippen molar-refractivity contribution < 1.29 is 14.3 Å². The average molecular weight is 482 g/mol. The summed E-state index contributed by atoms with van der Waals surface area (Å²) >= 11 is 0. The maximum atomic E-state index is 12.6. The number of amides is 2. The van der Waals surface area contributed by atoms with Crippen LogP contribution in [0.3, 0.4) is 0 Å². The first kappa shape index (κ1) is 24.6. The normalized spacial score (nSPS) is 28.2. The molecular formula is C29H43N3O3. The first-order valence-electron chi connectivity index (χ1n) is 13.9. The minimum Gasteiger partial charge on any atom is -0.450 e. The Morgan fingerprint density at radius 2 is 1.60 bits per heavy atom. The molecule has 6 heteroatoms. The van der Waals surface area contributed by atoms with Gasteiger partial charge in [0.25, 0.3) is 0 Å². The summed E-state index contributed by atoms with van der Waals surface area (Å²) in [6, 6.07) is 8.09. The van der Waals surface area contributed by atoms with Crippen molar-refractivity contribution in [1.82, 2.24) is 9.80 Å². The van der Waals surface area contributed by atoms with Crippen LogP contribution < -0.4 is 4.90 Å². The lowest BCUT2D eigenvalue weighted by molar-refractivity contribution is -0.116. The van der Waals surface area contributed by atoms with Crippen LogP contribution in [-0.4, -0.2) is 66.2 Å². The van der Waals surface area contributed by atoms with Gasteiger partial charge in [0, 0.05) is 42.7 Å². The molecule has 0 aromatic heterocycles. The molecule has 2 amide bonds. The highest BCUT2D eigenvalue weighted by Crippen LogP contribution is 2.48.